The molecule has 2 fully saturated rings. The molecule has 2 heterocycles. The van der Waals surface area contributed by atoms with E-state index < -0.39 is 10.0 Å². The maximum atomic E-state index is 13.6. The highest BCUT2D eigenvalue weighted by atomic mass is 32.2. The minimum atomic E-state index is -3.41. The second-order valence-corrected chi connectivity index (χ2v) is 12.9. The van der Waals surface area contributed by atoms with E-state index in [0.717, 1.165) is 73.5 Å². The minimum absolute atomic E-state index is 0.271. The Bertz CT molecular complexity index is 1360. The number of piperidine rings is 2. The summed E-state index contributed by atoms with van der Waals surface area (Å²) in [4.78, 5) is 2.88. The predicted molar refractivity (Wildman–Crippen MR) is 160 cm³/mol. The van der Waals surface area contributed by atoms with Crippen molar-refractivity contribution in [2.45, 2.75) is 51.0 Å². The van der Waals surface area contributed by atoms with Crippen LogP contribution in [0.3, 0.4) is 0 Å². The van der Waals surface area contributed by atoms with Crippen LogP contribution in [0.25, 0.3) is 11.1 Å². The maximum absolute atomic E-state index is 13.6. The van der Waals surface area contributed by atoms with Gasteiger partial charge in [0.1, 0.15) is 17.3 Å². The van der Waals surface area contributed by atoms with Gasteiger partial charge in [0.2, 0.25) is 10.0 Å². The van der Waals surface area contributed by atoms with Crippen molar-refractivity contribution in [2.24, 2.45) is 11.8 Å². The molecule has 3 aromatic carbocycles. The van der Waals surface area contributed by atoms with Gasteiger partial charge in [-0.3, -0.25) is 4.90 Å². The Labute approximate surface area is 244 Å². The number of likely N-dealkylation sites (tertiary alicyclic amines) is 1. The fourth-order valence-corrected chi connectivity index (χ4v) is 7.84. The Kier molecular flexibility index (Phi) is 9.63. The SMILES string of the molecule is CCOc1cc(CN2CCC(C3CCN(S(=O)(=O)c4ccccc4)CC3)CC2)cc(OCC)c1-c1ccc(F)cc1. The van der Waals surface area contributed by atoms with Gasteiger partial charge in [-0.2, -0.15) is 4.31 Å². The topological polar surface area (TPSA) is 59.1 Å². The van der Waals surface area contributed by atoms with Crippen molar-refractivity contribution in [3.8, 4) is 22.6 Å². The molecule has 3 aromatic rings. The number of hydrogen-bond donors (Lipinski definition) is 0. The zero-order chi connectivity index (χ0) is 28.8. The Morgan fingerprint density at radius 2 is 1.32 bits per heavy atom. The van der Waals surface area contributed by atoms with Crippen LogP contribution in [-0.2, 0) is 16.6 Å². The lowest BCUT2D eigenvalue weighted by Crippen LogP contribution is -2.42. The molecule has 0 radical (unpaired) electrons. The quantitative estimate of drug-likeness (QED) is 0.270. The van der Waals surface area contributed by atoms with Gasteiger partial charge in [-0.05, 0) is 112 Å². The molecule has 0 aromatic heterocycles. The van der Waals surface area contributed by atoms with Gasteiger partial charge in [0, 0.05) is 19.6 Å². The number of ether oxygens (including phenoxy) is 2. The fraction of sp³-hybridized carbons (Fsp3) is 0.455. The number of benzene rings is 3. The second-order valence-electron chi connectivity index (χ2n) is 11.0. The van der Waals surface area contributed by atoms with E-state index in [4.69, 9.17) is 9.47 Å². The summed E-state index contributed by atoms with van der Waals surface area (Å²) >= 11 is 0. The van der Waals surface area contributed by atoms with Crippen LogP contribution < -0.4 is 9.47 Å². The highest BCUT2D eigenvalue weighted by Crippen LogP contribution is 2.41. The van der Waals surface area contributed by atoms with Crippen molar-refractivity contribution in [3.05, 3.63) is 78.1 Å². The zero-order valence-corrected chi connectivity index (χ0v) is 24.9. The average Bonchev–Trinajstić information content (AvgIpc) is 2.99. The molecule has 220 valence electrons. The molecule has 2 saturated heterocycles. The third-order valence-electron chi connectivity index (χ3n) is 8.44. The second kappa shape index (κ2) is 13.4. The van der Waals surface area contributed by atoms with E-state index in [-0.39, 0.29) is 5.82 Å². The molecule has 0 saturated carbocycles. The summed E-state index contributed by atoms with van der Waals surface area (Å²) in [6.07, 6.45) is 4.11. The van der Waals surface area contributed by atoms with E-state index in [1.54, 1.807) is 40.7 Å². The van der Waals surface area contributed by atoms with Crippen molar-refractivity contribution in [2.75, 3.05) is 39.4 Å². The Morgan fingerprint density at radius 1 is 0.780 bits per heavy atom. The van der Waals surface area contributed by atoms with Crippen LogP contribution in [0.5, 0.6) is 11.5 Å². The van der Waals surface area contributed by atoms with Crippen molar-refractivity contribution in [3.63, 3.8) is 0 Å². The van der Waals surface area contributed by atoms with Crippen LogP contribution >= 0.6 is 0 Å². The first-order chi connectivity index (χ1) is 19.9. The lowest BCUT2D eigenvalue weighted by Gasteiger charge is -2.40. The smallest absolute Gasteiger partial charge is 0.243 e. The lowest BCUT2D eigenvalue weighted by molar-refractivity contribution is 0.113. The standard InChI is InChI=1S/C33H41FN2O4S/c1-3-39-31-22-25(23-32(40-4-2)33(31)28-10-12-29(34)13-11-28)24-35-18-14-26(15-19-35)27-16-20-36(21-17-27)41(37,38)30-8-6-5-7-9-30/h5-13,22-23,26-27H,3-4,14-21,24H2,1-2H3. The summed E-state index contributed by atoms with van der Waals surface area (Å²) in [5.41, 5.74) is 2.87. The summed E-state index contributed by atoms with van der Waals surface area (Å²) in [6.45, 7) is 9.03. The number of rotatable bonds is 10. The Morgan fingerprint density at radius 3 is 1.85 bits per heavy atom. The molecule has 8 heteroatoms. The average molecular weight is 581 g/mol. The largest absolute Gasteiger partial charge is 0.493 e. The normalized spacial score (nSPS) is 17.9. The molecule has 0 unspecified atom stereocenters. The molecule has 6 nitrogen and oxygen atoms in total. The number of halogens is 1. The Hall–Kier alpha value is -2.94. The predicted octanol–water partition coefficient (Wildman–Crippen LogP) is 6.60. The number of nitrogens with zero attached hydrogens (tertiary/aromatic N) is 2. The van der Waals surface area contributed by atoms with Crippen LogP contribution in [0, 0.1) is 17.7 Å². The molecular formula is C33H41FN2O4S. The molecule has 2 aliphatic heterocycles. The monoisotopic (exact) mass is 580 g/mol. The molecule has 0 N–H and O–H groups in total. The van der Waals surface area contributed by atoms with Crippen LogP contribution in [0.4, 0.5) is 4.39 Å². The van der Waals surface area contributed by atoms with E-state index in [9.17, 15) is 12.8 Å². The van der Waals surface area contributed by atoms with E-state index in [1.807, 2.05) is 19.9 Å². The van der Waals surface area contributed by atoms with Crippen molar-refractivity contribution in [1.82, 2.24) is 9.21 Å². The van der Waals surface area contributed by atoms with Crippen molar-refractivity contribution >= 4 is 10.0 Å². The summed E-state index contributed by atoms with van der Waals surface area (Å²) in [7, 11) is -3.41. The first-order valence-electron chi connectivity index (χ1n) is 14.8. The number of hydrogen-bond acceptors (Lipinski definition) is 5. The van der Waals surface area contributed by atoms with Crippen LogP contribution in [0.1, 0.15) is 45.1 Å². The third kappa shape index (κ3) is 6.93. The fourth-order valence-electron chi connectivity index (χ4n) is 6.34. The molecule has 2 aliphatic rings. The van der Waals surface area contributed by atoms with Crippen LogP contribution in [0.15, 0.2) is 71.6 Å². The molecule has 0 atom stereocenters. The number of sulfonamides is 1. The van der Waals surface area contributed by atoms with Crippen molar-refractivity contribution < 1.29 is 22.3 Å². The third-order valence-corrected chi connectivity index (χ3v) is 10.4. The molecule has 0 aliphatic carbocycles. The summed E-state index contributed by atoms with van der Waals surface area (Å²) in [5.74, 6) is 2.45. The highest BCUT2D eigenvalue weighted by Gasteiger charge is 2.34. The van der Waals surface area contributed by atoms with Gasteiger partial charge in [-0.1, -0.05) is 30.3 Å². The zero-order valence-electron chi connectivity index (χ0n) is 24.1. The first kappa shape index (κ1) is 29.5. The van der Waals surface area contributed by atoms with E-state index in [2.05, 4.69) is 17.0 Å². The molecule has 0 bridgehead atoms. The van der Waals surface area contributed by atoms with Crippen LogP contribution in [0.2, 0.25) is 0 Å². The lowest BCUT2D eigenvalue weighted by atomic mass is 9.79. The van der Waals surface area contributed by atoms with Gasteiger partial charge in [0.25, 0.3) is 0 Å². The maximum Gasteiger partial charge on any atom is 0.243 e. The van der Waals surface area contributed by atoms with Gasteiger partial charge in [-0.15, -0.1) is 0 Å². The highest BCUT2D eigenvalue weighted by molar-refractivity contribution is 7.89. The van der Waals surface area contributed by atoms with Gasteiger partial charge in [0.15, 0.2) is 0 Å². The van der Waals surface area contributed by atoms with Gasteiger partial charge in [-0.25, -0.2) is 12.8 Å². The van der Waals surface area contributed by atoms with Crippen molar-refractivity contribution in [1.29, 1.82) is 0 Å². The van der Waals surface area contributed by atoms with E-state index in [1.165, 1.54) is 12.1 Å². The summed E-state index contributed by atoms with van der Waals surface area (Å²) in [6, 6.07) is 19.4. The molecule has 41 heavy (non-hydrogen) atoms. The first-order valence-corrected chi connectivity index (χ1v) is 16.3. The summed E-state index contributed by atoms with van der Waals surface area (Å²) < 4.78 is 53.4. The van der Waals surface area contributed by atoms with E-state index >= 15 is 0 Å². The minimum Gasteiger partial charge on any atom is -0.493 e. The Balaban J connectivity index is 1.20. The molecule has 0 spiro atoms. The van der Waals surface area contributed by atoms with E-state index in [0.29, 0.717) is 43.0 Å². The van der Waals surface area contributed by atoms with Crippen LogP contribution in [-0.4, -0.2) is 57.0 Å². The molecule has 5 rings (SSSR count). The molecular weight excluding hydrogens is 539 g/mol. The van der Waals surface area contributed by atoms with Gasteiger partial charge < -0.3 is 9.47 Å². The summed E-state index contributed by atoms with van der Waals surface area (Å²) in [5, 5.41) is 0. The van der Waals surface area contributed by atoms with Gasteiger partial charge >= 0.3 is 0 Å². The van der Waals surface area contributed by atoms with Gasteiger partial charge in [0.05, 0.1) is 23.7 Å². The molecule has 0 amide bonds.